The maximum absolute atomic E-state index is 13.2. The summed E-state index contributed by atoms with van der Waals surface area (Å²) in [7, 11) is 1.90. The van der Waals surface area contributed by atoms with Gasteiger partial charge in [-0.05, 0) is 35.1 Å². The topological polar surface area (TPSA) is 59.0 Å². The molecule has 2 heterocycles. The second kappa shape index (κ2) is 8.03. The Bertz CT molecular complexity index is 778. The molecule has 1 aromatic carbocycles. The van der Waals surface area contributed by atoms with Gasteiger partial charge in [0.1, 0.15) is 0 Å². The Labute approximate surface area is 166 Å². The van der Waals surface area contributed by atoms with Gasteiger partial charge in [0.2, 0.25) is 5.91 Å². The molecule has 0 spiro atoms. The quantitative estimate of drug-likeness (QED) is 0.821. The van der Waals surface area contributed by atoms with Crippen LogP contribution in [0.2, 0.25) is 5.02 Å². The van der Waals surface area contributed by atoms with Crippen LogP contribution in [0.4, 0.5) is 0 Å². The number of hydrogen-bond donors (Lipinski definition) is 2. The molecule has 3 atom stereocenters. The number of hydrogen-bond acceptors (Lipinski definition) is 3. The van der Waals surface area contributed by atoms with Crippen molar-refractivity contribution in [3.8, 4) is 0 Å². The van der Waals surface area contributed by atoms with Gasteiger partial charge in [-0.3, -0.25) is 9.48 Å². The first-order valence-electron chi connectivity index (χ1n) is 9.48. The number of nitrogens with one attached hydrogen (secondary N) is 2. The first kappa shape index (κ1) is 19.9. The average Bonchev–Trinajstić information content (AvgIpc) is 3.22. The summed E-state index contributed by atoms with van der Waals surface area (Å²) in [6.07, 6.45) is 4.73. The molecule has 6 heteroatoms. The smallest absolute Gasteiger partial charge is 0.225 e. The fourth-order valence-corrected chi connectivity index (χ4v) is 3.90. The summed E-state index contributed by atoms with van der Waals surface area (Å²) < 4.78 is 1.79. The van der Waals surface area contributed by atoms with Crippen LogP contribution >= 0.6 is 11.6 Å². The van der Waals surface area contributed by atoms with E-state index in [2.05, 4.69) is 36.5 Å². The van der Waals surface area contributed by atoms with Crippen molar-refractivity contribution in [2.75, 3.05) is 13.1 Å². The first-order chi connectivity index (χ1) is 12.7. The van der Waals surface area contributed by atoms with E-state index in [-0.39, 0.29) is 29.2 Å². The molecule has 1 aromatic heterocycles. The molecule has 5 nitrogen and oxygen atoms in total. The average molecular weight is 389 g/mol. The Hall–Kier alpha value is -1.85. The van der Waals surface area contributed by atoms with E-state index in [1.807, 2.05) is 43.7 Å². The molecule has 2 N–H and O–H groups in total. The molecule has 0 aliphatic carbocycles. The van der Waals surface area contributed by atoms with Gasteiger partial charge < -0.3 is 10.6 Å². The molecule has 1 aliphatic rings. The third kappa shape index (κ3) is 5.11. The van der Waals surface area contributed by atoms with Gasteiger partial charge >= 0.3 is 0 Å². The molecule has 146 valence electrons. The SMILES string of the molecule is Cn1cc([C@H]2CNC[C@@H]2C(=O)NC(CC(C)(C)C)c2ccc(Cl)cc2)cn1. The number of nitrogens with zero attached hydrogens (tertiary/aromatic N) is 2. The summed E-state index contributed by atoms with van der Waals surface area (Å²) in [5.41, 5.74) is 2.29. The van der Waals surface area contributed by atoms with Gasteiger partial charge in [0.25, 0.3) is 0 Å². The highest BCUT2D eigenvalue weighted by molar-refractivity contribution is 6.30. The fourth-order valence-electron chi connectivity index (χ4n) is 3.77. The predicted molar refractivity (Wildman–Crippen MR) is 109 cm³/mol. The Morgan fingerprint density at radius 3 is 2.63 bits per heavy atom. The van der Waals surface area contributed by atoms with Crippen LogP contribution in [0, 0.1) is 11.3 Å². The lowest BCUT2D eigenvalue weighted by atomic mass is 9.84. The molecule has 0 saturated carbocycles. The number of halogens is 1. The van der Waals surface area contributed by atoms with Crippen LogP contribution in [0.25, 0.3) is 0 Å². The van der Waals surface area contributed by atoms with Crippen molar-refractivity contribution in [3.05, 3.63) is 52.8 Å². The number of aromatic nitrogens is 2. The summed E-state index contributed by atoms with van der Waals surface area (Å²) in [4.78, 5) is 13.2. The molecule has 1 unspecified atom stereocenters. The molecule has 27 heavy (non-hydrogen) atoms. The maximum atomic E-state index is 13.2. The molecule has 1 fully saturated rings. The van der Waals surface area contributed by atoms with Gasteiger partial charge in [-0.25, -0.2) is 0 Å². The summed E-state index contributed by atoms with van der Waals surface area (Å²) in [5, 5.41) is 11.6. The van der Waals surface area contributed by atoms with Crippen molar-refractivity contribution < 1.29 is 4.79 Å². The van der Waals surface area contributed by atoms with Crippen LogP contribution in [0.3, 0.4) is 0 Å². The molecule has 2 aromatic rings. The predicted octanol–water partition coefficient (Wildman–Crippen LogP) is 3.67. The molecule has 0 bridgehead atoms. The zero-order valence-corrected chi connectivity index (χ0v) is 17.3. The number of aryl methyl sites for hydroxylation is 1. The minimum absolute atomic E-state index is 0.0371. The Kier molecular flexibility index (Phi) is 5.92. The minimum atomic E-state index is -0.0935. The van der Waals surface area contributed by atoms with E-state index < -0.39 is 0 Å². The maximum Gasteiger partial charge on any atom is 0.225 e. The van der Waals surface area contributed by atoms with Gasteiger partial charge in [0, 0.05) is 37.3 Å². The number of benzene rings is 1. The van der Waals surface area contributed by atoms with Crippen molar-refractivity contribution in [2.24, 2.45) is 18.4 Å². The molecule has 3 rings (SSSR count). The standard InChI is InChI=1S/C21H29ClN4O/c1-21(2,3)9-19(14-5-7-16(22)8-6-14)25-20(27)18-12-23-11-17(18)15-10-24-26(4)13-15/h5-8,10,13,17-19,23H,9,11-12H2,1-4H3,(H,25,27)/t17-,18+,19?/m1/s1. The number of carbonyl (C=O) groups is 1. The normalized spacial score (nSPS) is 21.2. The van der Waals surface area contributed by atoms with Crippen molar-refractivity contribution >= 4 is 17.5 Å². The van der Waals surface area contributed by atoms with Crippen molar-refractivity contribution in [3.63, 3.8) is 0 Å². The van der Waals surface area contributed by atoms with Crippen LogP contribution < -0.4 is 10.6 Å². The number of carbonyl (C=O) groups excluding carboxylic acids is 1. The summed E-state index contributed by atoms with van der Waals surface area (Å²) in [6, 6.07) is 7.74. The zero-order valence-electron chi connectivity index (χ0n) is 16.5. The van der Waals surface area contributed by atoms with Crippen LogP contribution in [0.15, 0.2) is 36.7 Å². The number of rotatable bonds is 5. The van der Waals surface area contributed by atoms with E-state index in [1.54, 1.807) is 4.68 Å². The van der Waals surface area contributed by atoms with Crippen LogP contribution in [0.1, 0.15) is 50.3 Å². The van der Waals surface area contributed by atoms with E-state index in [0.29, 0.717) is 11.6 Å². The Morgan fingerprint density at radius 1 is 1.33 bits per heavy atom. The second-order valence-corrected chi connectivity index (χ2v) is 9.13. The van der Waals surface area contributed by atoms with Crippen molar-refractivity contribution in [1.82, 2.24) is 20.4 Å². The van der Waals surface area contributed by atoms with E-state index >= 15 is 0 Å². The zero-order chi connectivity index (χ0) is 19.6. The summed E-state index contributed by atoms with van der Waals surface area (Å²) in [6.45, 7) is 8.07. The minimum Gasteiger partial charge on any atom is -0.349 e. The van der Waals surface area contributed by atoms with Crippen LogP contribution in [0.5, 0.6) is 0 Å². The highest BCUT2D eigenvalue weighted by Crippen LogP contribution is 2.32. The lowest BCUT2D eigenvalue weighted by molar-refractivity contribution is -0.125. The summed E-state index contributed by atoms with van der Waals surface area (Å²) >= 11 is 6.04. The molecular weight excluding hydrogens is 360 g/mol. The molecule has 1 saturated heterocycles. The third-order valence-electron chi connectivity index (χ3n) is 5.11. The van der Waals surface area contributed by atoms with Gasteiger partial charge in [0.15, 0.2) is 0 Å². The summed E-state index contributed by atoms with van der Waals surface area (Å²) in [5.74, 6) is 0.154. The van der Waals surface area contributed by atoms with E-state index in [1.165, 1.54) is 0 Å². The van der Waals surface area contributed by atoms with Crippen LogP contribution in [-0.2, 0) is 11.8 Å². The molecular formula is C21H29ClN4O. The molecule has 0 radical (unpaired) electrons. The lowest BCUT2D eigenvalue weighted by Crippen LogP contribution is -2.38. The monoisotopic (exact) mass is 388 g/mol. The third-order valence-corrected chi connectivity index (χ3v) is 5.36. The van der Waals surface area contributed by atoms with Gasteiger partial charge in [0.05, 0.1) is 18.2 Å². The Balaban J connectivity index is 1.77. The van der Waals surface area contributed by atoms with Gasteiger partial charge in [-0.2, -0.15) is 5.10 Å². The van der Waals surface area contributed by atoms with E-state index in [9.17, 15) is 4.79 Å². The van der Waals surface area contributed by atoms with Crippen molar-refractivity contribution in [2.45, 2.75) is 39.2 Å². The largest absolute Gasteiger partial charge is 0.349 e. The second-order valence-electron chi connectivity index (χ2n) is 8.70. The first-order valence-corrected chi connectivity index (χ1v) is 9.86. The van der Waals surface area contributed by atoms with Gasteiger partial charge in [-0.15, -0.1) is 0 Å². The Morgan fingerprint density at radius 2 is 2.04 bits per heavy atom. The van der Waals surface area contributed by atoms with Crippen LogP contribution in [-0.4, -0.2) is 28.8 Å². The molecule has 1 amide bonds. The lowest BCUT2D eigenvalue weighted by Gasteiger charge is -2.29. The van der Waals surface area contributed by atoms with E-state index in [4.69, 9.17) is 11.6 Å². The molecule has 1 aliphatic heterocycles. The highest BCUT2D eigenvalue weighted by atomic mass is 35.5. The fraction of sp³-hybridized carbons (Fsp3) is 0.524. The highest BCUT2D eigenvalue weighted by Gasteiger charge is 2.36. The van der Waals surface area contributed by atoms with Gasteiger partial charge in [-0.1, -0.05) is 44.5 Å². The number of amides is 1. The van der Waals surface area contributed by atoms with Crippen molar-refractivity contribution in [1.29, 1.82) is 0 Å². The van der Waals surface area contributed by atoms with E-state index in [0.717, 1.165) is 24.1 Å².